The summed E-state index contributed by atoms with van der Waals surface area (Å²) in [7, 11) is 0. The molecular weight excluding hydrogens is 361 g/mol. The lowest BCUT2D eigenvalue weighted by Crippen LogP contribution is -2.18. The molecular formula is C16H12Cl3NO3. The molecule has 0 aliphatic carbocycles. The van der Waals surface area contributed by atoms with Gasteiger partial charge in [0.25, 0.3) is 0 Å². The number of carbonyl (C=O) groups is 1. The number of halogens is 3. The molecule has 0 unspecified atom stereocenters. The second-order valence-electron chi connectivity index (χ2n) is 4.90. The van der Waals surface area contributed by atoms with Crippen LogP contribution in [0.15, 0.2) is 30.3 Å². The normalized spacial score (nSPS) is 12.8. The predicted molar refractivity (Wildman–Crippen MR) is 91.2 cm³/mol. The third-order valence-electron chi connectivity index (χ3n) is 3.30. The van der Waals surface area contributed by atoms with Crippen LogP contribution >= 0.6 is 34.8 Å². The molecule has 0 radical (unpaired) electrons. The maximum Gasteiger partial charge on any atom is 0.228 e. The number of hydrogen-bond acceptors (Lipinski definition) is 3. The van der Waals surface area contributed by atoms with E-state index in [0.717, 1.165) is 0 Å². The summed E-state index contributed by atoms with van der Waals surface area (Å²) in [6.45, 7) is 0.928. The van der Waals surface area contributed by atoms with Crippen LogP contribution in [0.5, 0.6) is 11.5 Å². The molecule has 1 aliphatic rings. The topological polar surface area (TPSA) is 47.6 Å². The first kappa shape index (κ1) is 16.2. The number of ether oxygens (including phenoxy) is 2. The second kappa shape index (κ2) is 6.87. The lowest BCUT2D eigenvalue weighted by atomic mass is 10.1. The summed E-state index contributed by atoms with van der Waals surface area (Å²) in [5.74, 6) is 0.832. The fraction of sp³-hybridized carbons (Fsp3) is 0.188. The maximum atomic E-state index is 12.2. The summed E-state index contributed by atoms with van der Waals surface area (Å²) in [5, 5.41) is 4.00. The largest absolute Gasteiger partial charge is 0.486 e. The molecule has 120 valence electrons. The van der Waals surface area contributed by atoms with Gasteiger partial charge >= 0.3 is 0 Å². The van der Waals surface area contributed by atoms with Gasteiger partial charge in [-0.2, -0.15) is 0 Å². The fourth-order valence-electron chi connectivity index (χ4n) is 2.22. The summed E-state index contributed by atoms with van der Waals surface area (Å²) in [4.78, 5) is 12.2. The molecule has 3 rings (SSSR count). The highest BCUT2D eigenvalue weighted by atomic mass is 35.5. The Kier molecular flexibility index (Phi) is 4.85. The van der Waals surface area contributed by atoms with Gasteiger partial charge in [0, 0.05) is 22.2 Å². The van der Waals surface area contributed by atoms with E-state index in [1.54, 1.807) is 30.3 Å². The van der Waals surface area contributed by atoms with Gasteiger partial charge in [0.2, 0.25) is 5.91 Å². The van der Waals surface area contributed by atoms with Gasteiger partial charge in [-0.25, -0.2) is 0 Å². The number of carbonyl (C=O) groups excluding carboxylic acids is 1. The molecule has 0 saturated carbocycles. The van der Waals surface area contributed by atoms with E-state index in [4.69, 9.17) is 44.3 Å². The number of anilines is 1. The molecule has 7 heteroatoms. The Labute approximate surface area is 148 Å². The molecule has 0 fully saturated rings. The Morgan fingerprint density at radius 2 is 1.61 bits per heavy atom. The Morgan fingerprint density at radius 3 is 2.26 bits per heavy atom. The van der Waals surface area contributed by atoms with E-state index < -0.39 is 0 Å². The minimum Gasteiger partial charge on any atom is -0.486 e. The summed E-state index contributed by atoms with van der Waals surface area (Å²) >= 11 is 18.3. The first-order valence-electron chi connectivity index (χ1n) is 6.86. The molecule has 23 heavy (non-hydrogen) atoms. The van der Waals surface area contributed by atoms with Crippen molar-refractivity contribution in [2.75, 3.05) is 18.5 Å². The van der Waals surface area contributed by atoms with E-state index in [-0.39, 0.29) is 12.3 Å². The third-order valence-corrected chi connectivity index (χ3v) is 4.33. The maximum absolute atomic E-state index is 12.2. The molecule has 1 heterocycles. The molecule has 1 N–H and O–H groups in total. The molecule has 0 bridgehead atoms. The van der Waals surface area contributed by atoms with E-state index in [9.17, 15) is 4.79 Å². The highest BCUT2D eigenvalue weighted by Gasteiger charge is 2.17. The molecule has 2 aromatic carbocycles. The monoisotopic (exact) mass is 371 g/mol. The molecule has 0 aromatic heterocycles. The summed E-state index contributed by atoms with van der Waals surface area (Å²) in [6, 6.07) is 8.36. The van der Waals surface area contributed by atoms with Crippen molar-refractivity contribution < 1.29 is 14.3 Å². The van der Waals surface area contributed by atoms with Gasteiger partial charge in [0.05, 0.1) is 17.1 Å². The molecule has 0 saturated heterocycles. The highest BCUT2D eigenvalue weighted by Crippen LogP contribution is 2.38. The van der Waals surface area contributed by atoms with Crippen LogP contribution in [0, 0.1) is 0 Å². The zero-order valence-electron chi connectivity index (χ0n) is 11.9. The molecule has 1 aliphatic heterocycles. The number of fused-ring (bicyclic) bond motifs is 1. The van der Waals surface area contributed by atoms with Gasteiger partial charge in [-0.05, 0) is 17.7 Å². The van der Waals surface area contributed by atoms with Crippen LogP contribution in [0.2, 0.25) is 15.1 Å². The fourth-order valence-corrected chi connectivity index (χ4v) is 2.95. The molecule has 1 amide bonds. The SMILES string of the molecule is O=C(Cc1c(Cl)cccc1Cl)Nc1cc2c(cc1Cl)OCCO2. The van der Waals surface area contributed by atoms with Crippen molar-refractivity contribution >= 4 is 46.4 Å². The standard InChI is InChI=1S/C16H12Cl3NO3/c17-10-2-1-3-11(18)9(10)6-16(21)20-13-8-15-14(7-12(13)19)22-4-5-23-15/h1-3,7-8H,4-6H2,(H,20,21). The minimum absolute atomic E-state index is 0.0449. The number of rotatable bonds is 3. The van der Waals surface area contributed by atoms with E-state index in [0.29, 0.717) is 51.0 Å². The zero-order chi connectivity index (χ0) is 16.4. The van der Waals surface area contributed by atoms with Crippen LogP contribution in [-0.4, -0.2) is 19.1 Å². The van der Waals surface area contributed by atoms with Crippen LogP contribution in [0.25, 0.3) is 0 Å². The smallest absolute Gasteiger partial charge is 0.228 e. The quantitative estimate of drug-likeness (QED) is 0.856. The van der Waals surface area contributed by atoms with E-state index in [1.807, 2.05) is 0 Å². The molecule has 0 atom stereocenters. The van der Waals surface area contributed by atoms with Crippen molar-refractivity contribution in [1.82, 2.24) is 0 Å². The Bertz CT molecular complexity index is 744. The average molecular weight is 373 g/mol. The number of hydrogen-bond donors (Lipinski definition) is 1. The zero-order valence-corrected chi connectivity index (χ0v) is 14.1. The van der Waals surface area contributed by atoms with Crippen molar-refractivity contribution in [2.24, 2.45) is 0 Å². The highest BCUT2D eigenvalue weighted by molar-refractivity contribution is 6.36. The van der Waals surface area contributed by atoms with Crippen LogP contribution < -0.4 is 14.8 Å². The van der Waals surface area contributed by atoms with Gasteiger partial charge in [0.15, 0.2) is 11.5 Å². The van der Waals surface area contributed by atoms with Crippen molar-refractivity contribution in [2.45, 2.75) is 6.42 Å². The first-order chi connectivity index (χ1) is 11.0. The van der Waals surface area contributed by atoms with Crippen LogP contribution in [0.3, 0.4) is 0 Å². The van der Waals surface area contributed by atoms with Gasteiger partial charge in [-0.3, -0.25) is 4.79 Å². The molecule has 2 aromatic rings. The lowest BCUT2D eigenvalue weighted by Gasteiger charge is -2.20. The van der Waals surface area contributed by atoms with Crippen LogP contribution in [0.1, 0.15) is 5.56 Å². The molecule has 0 spiro atoms. The number of benzene rings is 2. The van der Waals surface area contributed by atoms with E-state index in [2.05, 4.69) is 5.32 Å². The Morgan fingerprint density at radius 1 is 1.00 bits per heavy atom. The third kappa shape index (κ3) is 3.66. The van der Waals surface area contributed by atoms with Crippen LogP contribution in [0.4, 0.5) is 5.69 Å². The number of nitrogens with one attached hydrogen (secondary N) is 1. The summed E-state index contributed by atoms with van der Waals surface area (Å²) < 4.78 is 10.9. The van der Waals surface area contributed by atoms with Crippen molar-refractivity contribution in [1.29, 1.82) is 0 Å². The molecule has 4 nitrogen and oxygen atoms in total. The van der Waals surface area contributed by atoms with E-state index >= 15 is 0 Å². The average Bonchev–Trinajstić information content (AvgIpc) is 2.52. The van der Waals surface area contributed by atoms with Crippen molar-refractivity contribution in [3.8, 4) is 11.5 Å². The van der Waals surface area contributed by atoms with Gasteiger partial charge in [-0.15, -0.1) is 0 Å². The van der Waals surface area contributed by atoms with Gasteiger partial charge in [-0.1, -0.05) is 40.9 Å². The summed E-state index contributed by atoms with van der Waals surface area (Å²) in [5.41, 5.74) is 1.02. The lowest BCUT2D eigenvalue weighted by molar-refractivity contribution is -0.115. The van der Waals surface area contributed by atoms with Gasteiger partial charge in [0.1, 0.15) is 13.2 Å². The van der Waals surface area contributed by atoms with Crippen molar-refractivity contribution in [3.63, 3.8) is 0 Å². The Balaban J connectivity index is 1.78. The second-order valence-corrected chi connectivity index (χ2v) is 6.12. The van der Waals surface area contributed by atoms with Gasteiger partial charge < -0.3 is 14.8 Å². The predicted octanol–water partition coefficient (Wildman–Crippen LogP) is 4.60. The minimum atomic E-state index is -0.279. The Hall–Kier alpha value is -1.62. The van der Waals surface area contributed by atoms with Crippen LogP contribution in [-0.2, 0) is 11.2 Å². The van der Waals surface area contributed by atoms with Crippen molar-refractivity contribution in [3.05, 3.63) is 51.0 Å². The first-order valence-corrected chi connectivity index (χ1v) is 8.00. The summed E-state index contributed by atoms with van der Waals surface area (Å²) in [6.07, 6.45) is 0.0449. The number of amides is 1. The van der Waals surface area contributed by atoms with E-state index in [1.165, 1.54) is 0 Å².